The van der Waals surface area contributed by atoms with Gasteiger partial charge in [0.15, 0.2) is 0 Å². The quantitative estimate of drug-likeness (QED) is 0.156. The summed E-state index contributed by atoms with van der Waals surface area (Å²) in [6.07, 6.45) is 0. The Balaban J connectivity index is 2.58. The number of non-ortho nitro benzene ring substituents is 1. The monoisotopic (exact) mass is 604 g/mol. The molecular formula is C24H25BrN6O8. The average molecular weight is 605 g/mol. The number of hydrogen-bond acceptors (Lipinski definition) is 12. The zero-order valence-electron chi connectivity index (χ0n) is 21.5. The van der Waals surface area contributed by atoms with Crippen molar-refractivity contribution in [3.05, 3.63) is 44.4 Å². The molecule has 0 aliphatic rings. The van der Waals surface area contributed by atoms with Gasteiger partial charge in [-0.15, -0.1) is 10.2 Å². The standard InChI is InChI=1S/C24H25BrN6O8/c1-14(32)27-20-11-22(30(5-7-38-15(2)33)6-8-39-16(3)34)23(37-4)12-21(20)28-29-24-17(13-26)9-18(31(35)36)10-19(24)25/h9-12H,5-8H2,1-4H3,(H,27,32). The van der Waals surface area contributed by atoms with E-state index >= 15 is 0 Å². The topological polar surface area (TPSA) is 186 Å². The number of nitro groups is 1. The highest BCUT2D eigenvalue weighted by Gasteiger charge is 2.19. The van der Waals surface area contributed by atoms with Gasteiger partial charge in [0.1, 0.15) is 36.4 Å². The van der Waals surface area contributed by atoms with E-state index in [9.17, 15) is 29.8 Å². The van der Waals surface area contributed by atoms with Gasteiger partial charge in [0.2, 0.25) is 5.91 Å². The van der Waals surface area contributed by atoms with E-state index in [2.05, 4.69) is 31.5 Å². The van der Waals surface area contributed by atoms with Gasteiger partial charge in [-0.05, 0) is 22.0 Å². The fourth-order valence-electron chi connectivity index (χ4n) is 3.27. The Labute approximate surface area is 231 Å². The van der Waals surface area contributed by atoms with Crippen LogP contribution in [0.25, 0.3) is 0 Å². The number of azo groups is 1. The molecule has 1 N–H and O–H groups in total. The summed E-state index contributed by atoms with van der Waals surface area (Å²) < 4.78 is 15.8. The molecule has 15 heteroatoms. The summed E-state index contributed by atoms with van der Waals surface area (Å²) in [6, 6.07) is 7.17. The normalized spacial score (nSPS) is 10.5. The van der Waals surface area contributed by atoms with Crippen LogP contribution in [0.4, 0.5) is 28.4 Å². The van der Waals surface area contributed by atoms with Gasteiger partial charge in [-0.3, -0.25) is 24.5 Å². The number of hydrogen-bond donors (Lipinski definition) is 1. The summed E-state index contributed by atoms with van der Waals surface area (Å²) in [6.45, 7) is 4.32. The van der Waals surface area contributed by atoms with Crippen LogP contribution in [0, 0.1) is 21.4 Å². The van der Waals surface area contributed by atoms with Crippen molar-refractivity contribution in [3.63, 3.8) is 0 Å². The predicted octanol–water partition coefficient (Wildman–Crippen LogP) is 4.54. The first-order valence-corrected chi connectivity index (χ1v) is 12.1. The van der Waals surface area contributed by atoms with E-state index in [-0.39, 0.29) is 59.1 Å². The van der Waals surface area contributed by atoms with Gasteiger partial charge < -0.3 is 24.4 Å². The molecule has 0 saturated carbocycles. The second-order valence-electron chi connectivity index (χ2n) is 7.78. The largest absolute Gasteiger partial charge is 0.494 e. The minimum atomic E-state index is -0.639. The van der Waals surface area contributed by atoms with E-state index in [0.717, 1.165) is 6.07 Å². The Hall–Kier alpha value is -4.58. The van der Waals surface area contributed by atoms with Gasteiger partial charge in [0, 0.05) is 39.0 Å². The molecule has 206 valence electrons. The van der Waals surface area contributed by atoms with Crippen LogP contribution in [0.1, 0.15) is 26.3 Å². The molecule has 0 unspecified atom stereocenters. The zero-order valence-corrected chi connectivity index (χ0v) is 23.1. The minimum Gasteiger partial charge on any atom is -0.494 e. The Morgan fingerprint density at radius 1 is 1.08 bits per heavy atom. The maximum Gasteiger partial charge on any atom is 0.302 e. The molecule has 0 saturated heterocycles. The fourth-order valence-corrected chi connectivity index (χ4v) is 3.80. The number of carbonyl (C=O) groups excluding carboxylic acids is 3. The molecule has 2 aromatic rings. The summed E-state index contributed by atoms with van der Waals surface area (Å²) in [5.41, 5.74) is 0.498. The third-order valence-electron chi connectivity index (χ3n) is 4.92. The van der Waals surface area contributed by atoms with Gasteiger partial charge in [-0.1, -0.05) is 0 Å². The molecule has 0 radical (unpaired) electrons. The van der Waals surface area contributed by atoms with Crippen molar-refractivity contribution < 1.29 is 33.5 Å². The SMILES string of the molecule is COc1cc(N=Nc2c(Br)cc([N+](=O)[O-])cc2C#N)c(NC(C)=O)cc1N(CCOC(C)=O)CCOC(C)=O. The lowest BCUT2D eigenvalue weighted by Crippen LogP contribution is -2.32. The number of benzene rings is 2. The van der Waals surface area contributed by atoms with Crippen LogP contribution < -0.4 is 15.0 Å². The lowest BCUT2D eigenvalue weighted by molar-refractivity contribution is -0.384. The van der Waals surface area contributed by atoms with E-state index < -0.39 is 22.8 Å². The molecule has 0 aliphatic carbocycles. The number of anilines is 2. The lowest BCUT2D eigenvalue weighted by Gasteiger charge is -2.27. The predicted molar refractivity (Wildman–Crippen MR) is 142 cm³/mol. The van der Waals surface area contributed by atoms with Gasteiger partial charge in [-0.2, -0.15) is 5.26 Å². The first-order chi connectivity index (χ1) is 18.5. The molecule has 0 atom stereocenters. The first kappa shape index (κ1) is 30.6. The fraction of sp³-hybridized carbons (Fsp3) is 0.333. The molecule has 0 fully saturated rings. The van der Waals surface area contributed by atoms with E-state index in [0.29, 0.717) is 11.4 Å². The highest BCUT2D eigenvalue weighted by Crippen LogP contribution is 2.41. The van der Waals surface area contributed by atoms with Crippen LogP contribution in [0.15, 0.2) is 39.0 Å². The van der Waals surface area contributed by atoms with E-state index in [1.165, 1.54) is 40.0 Å². The summed E-state index contributed by atoms with van der Waals surface area (Å²) in [5.74, 6) is -1.05. The third-order valence-corrected chi connectivity index (χ3v) is 5.52. The number of halogens is 1. The Bertz CT molecular complexity index is 1320. The summed E-state index contributed by atoms with van der Waals surface area (Å²) in [4.78, 5) is 46.7. The van der Waals surface area contributed by atoms with Crippen LogP contribution in [0.5, 0.6) is 5.75 Å². The lowest BCUT2D eigenvalue weighted by atomic mass is 10.2. The van der Waals surface area contributed by atoms with Crippen molar-refractivity contribution in [1.82, 2.24) is 0 Å². The number of nitrogens with one attached hydrogen (secondary N) is 1. The van der Waals surface area contributed by atoms with Crippen molar-refractivity contribution in [1.29, 1.82) is 5.26 Å². The highest BCUT2D eigenvalue weighted by atomic mass is 79.9. The molecule has 2 aromatic carbocycles. The first-order valence-electron chi connectivity index (χ1n) is 11.3. The highest BCUT2D eigenvalue weighted by molar-refractivity contribution is 9.10. The van der Waals surface area contributed by atoms with Crippen molar-refractivity contribution in [3.8, 4) is 11.8 Å². The maximum absolute atomic E-state index is 12.0. The van der Waals surface area contributed by atoms with Gasteiger partial charge in [0.05, 0.1) is 46.5 Å². The van der Waals surface area contributed by atoms with Crippen LogP contribution in [0.2, 0.25) is 0 Å². The molecule has 0 bridgehead atoms. The van der Waals surface area contributed by atoms with Crippen molar-refractivity contribution in [2.45, 2.75) is 20.8 Å². The Morgan fingerprint density at radius 3 is 2.18 bits per heavy atom. The second-order valence-corrected chi connectivity index (χ2v) is 8.64. The molecule has 0 aromatic heterocycles. The Kier molecular flexibility index (Phi) is 11.3. The molecule has 39 heavy (non-hydrogen) atoms. The van der Waals surface area contributed by atoms with Crippen molar-refractivity contribution in [2.75, 3.05) is 43.6 Å². The molecule has 0 spiro atoms. The minimum absolute atomic E-state index is 0.0284. The number of rotatable bonds is 12. The molecule has 2 rings (SSSR count). The van der Waals surface area contributed by atoms with Gasteiger partial charge in [-0.25, -0.2) is 0 Å². The summed E-state index contributed by atoms with van der Waals surface area (Å²) >= 11 is 3.18. The maximum atomic E-state index is 12.0. The number of nitriles is 1. The van der Waals surface area contributed by atoms with Crippen molar-refractivity contribution in [2.24, 2.45) is 10.2 Å². The molecule has 0 heterocycles. The van der Waals surface area contributed by atoms with Crippen LogP contribution in [-0.2, 0) is 23.9 Å². The number of carbonyl (C=O) groups is 3. The molecular weight excluding hydrogens is 580 g/mol. The number of nitro benzene ring substituents is 1. The second kappa shape index (κ2) is 14.4. The number of methoxy groups -OCH3 is 1. The number of nitrogens with zero attached hydrogens (tertiary/aromatic N) is 5. The third kappa shape index (κ3) is 9.04. The molecule has 1 amide bonds. The van der Waals surface area contributed by atoms with Crippen molar-refractivity contribution >= 4 is 62.2 Å². The smallest absolute Gasteiger partial charge is 0.302 e. The van der Waals surface area contributed by atoms with Crippen LogP contribution in [-0.4, -0.2) is 56.2 Å². The van der Waals surface area contributed by atoms with Gasteiger partial charge in [0.25, 0.3) is 5.69 Å². The summed E-state index contributed by atoms with van der Waals surface area (Å²) in [5, 5.41) is 31.5. The zero-order chi connectivity index (χ0) is 29.1. The van der Waals surface area contributed by atoms with Crippen LogP contribution >= 0.6 is 15.9 Å². The van der Waals surface area contributed by atoms with E-state index in [1.807, 2.05) is 6.07 Å². The Morgan fingerprint density at radius 2 is 1.69 bits per heavy atom. The average Bonchev–Trinajstić information content (AvgIpc) is 2.86. The number of esters is 2. The molecule has 0 aliphatic heterocycles. The molecule has 14 nitrogen and oxygen atoms in total. The number of ether oxygens (including phenoxy) is 3. The van der Waals surface area contributed by atoms with E-state index in [4.69, 9.17) is 14.2 Å². The summed E-state index contributed by atoms with van der Waals surface area (Å²) in [7, 11) is 1.41. The number of amides is 1. The van der Waals surface area contributed by atoms with E-state index in [1.54, 1.807) is 11.0 Å². The van der Waals surface area contributed by atoms with Gasteiger partial charge >= 0.3 is 11.9 Å². The van der Waals surface area contributed by atoms with Crippen LogP contribution in [0.3, 0.4) is 0 Å².